The molecule has 0 unspecified atom stereocenters. The quantitative estimate of drug-likeness (QED) is 0.570. The van der Waals surface area contributed by atoms with Crippen molar-refractivity contribution in [2.45, 2.75) is 35.8 Å². The Morgan fingerprint density at radius 3 is 2.35 bits per heavy atom. The first-order chi connectivity index (χ1) is 9.56. The van der Waals surface area contributed by atoms with Gasteiger partial charge in [0.1, 0.15) is 12.2 Å². The standard InChI is InChI=1S/C14H21NO4S/c1-20-10-4-2-9(3-5-10)6-15-7-12(17)14(19)13(18)11(15)8-16/h2-5,11-14,16-19H,6-8H2,1H3/t11-,12+,13+,14-/m1/s1. The highest BCUT2D eigenvalue weighted by atomic mass is 32.2. The average Bonchev–Trinajstić information content (AvgIpc) is 2.46. The Hall–Kier alpha value is -0.630. The number of aliphatic hydroxyl groups is 4. The number of likely N-dealkylation sites (tertiary alicyclic amines) is 1. The second kappa shape index (κ2) is 6.89. The SMILES string of the molecule is CSc1ccc(CN2C[C@H](O)[C@@H](O)[C@@H](O)[C@H]2CO)cc1. The van der Waals surface area contributed by atoms with E-state index in [9.17, 15) is 20.4 Å². The second-order valence-electron chi connectivity index (χ2n) is 5.08. The van der Waals surface area contributed by atoms with Crippen LogP contribution in [-0.4, -0.2) is 69.1 Å². The lowest BCUT2D eigenvalue weighted by Crippen LogP contribution is -2.62. The molecule has 4 N–H and O–H groups in total. The maximum absolute atomic E-state index is 9.92. The Morgan fingerprint density at radius 2 is 1.80 bits per heavy atom. The summed E-state index contributed by atoms with van der Waals surface area (Å²) >= 11 is 1.66. The van der Waals surface area contributed by atoms with E-state index in [2.05, 4.69) is 0 Å². The minimum absolute atomic E-state index is 0.230. The van der Waals surface area contributed by atoms with Crippen LogP contribution in [0.2, 0.25) is 0 Å². The lowest BCUT2D eigenvalue weighted by atomic mass is 9.94. The molecule has 0 saturated carbocycles. The summed E-state index contributed by atoms with van der Waals surface area (Å²) in [5.74, 6) is 0. The summed E-state index contributed by atoms with van der Waals surface area (Å²) in [5, 5.41) is 38.7. The Labute approximate surface area is 122 Å². The molecule has 0 aromatic heterocycles. The van der Waals surface area contributed by atoms with Gasteiger partial charge in [-0.3, -0.25) is 4.90 Å². The van der Waals surface area contributed by atoms with Crippen LogP contribution < -0.4 is 0 Å². The number of β-amino-alcohol motifs (C(OH)–C–C–N with tert-alkyl or cyclic N) is 1. The van der Waals surface area contributed by atoms with Gasteiger partial charge in [-0.2, -0.15) is 0 Å². The molecule has 0 amide bonds. The molecule has 4 atom stereocenters. The van der Waals surface area contributed by atoms with Crippen molar-refractivity contribution in [3.05, 3.63) is 29.8 Å². The highest BCUT2D eigenvalue weighted by Crippen LogP contribution is 2.22. The maximum atomic E-state index is 9.92. The number of hydrogen-bond acceptors (Lipinski definition) is 6. The van der Waals surface area contributed by atoms with Crippen LogP contribution in [0.3, 0.4) is 0 Å². The Kier molecular flexibility index (Phi) is 5.42. The second-order valence-corrected chi connectivity index (χ2v) is 5.96. The van der Waals surface area contributed by atoms with Crippen LogP contribution in [0, 0.1) is 0 Å². The van der Waals surface area contributed by atoms with Crippen molar-refractivity contribution in [2.75, 3.05) is 19.4 Å². The monoisotopic (exact) mass is 299 g/mol. The number of hydrogen-bond donors (Lipinski definition) is 4. The predicted octanol–water partition coefficient (Wildman–Crippen LogP) is -0.332. The first-order valence-electron chi connectivity index (χ1n) is 6.59. The molecule has 0 spiro atoms. The smallest absolute Gasteiger partial charge is 0.109 e. The molecule has 1 saturated heterocycles. The van der Waals surface area contributed by atoms with E-state index in [-0.39, 0.29) is 13.2 Å². The number of benzene rings is 1. The molecule has 112 valence electrons. The summed E-state index contributed by atoms with van der Waals surface area (Å²) in [6.07, 6.45) is -1.34. The molecule has 1 aromatic carbocycles. The molecule has 0 aliphatic carbocycles. The third-order valence-electron chi connectivity index (χ3n) is 3.76. The van der Waals surface area contributed by atoms with E-state index in [1.165, 1.54) is 4.90 Å². The van der Waals surface area contributed by atoms with Crippen molar-refractivity contribution in [1.82, 2.24) is 4.90 Å². The van der Waals surface area contributed by atoms with Crippen LogP contribution in [0.15, 0.2) is 29.2 Å². The number of piperidine rings is 1. The summed E-state index contributed by atoms with van der Waals surface area (Å²) in [5.41, 5.74) is 1.04. The normalized spacial score (nSPS) is 31.4. The average molecular weight is 299 g/mol. The number of rotatable bonds is 4. The molecule has 0 bridgehead atoms. The molecule has 1 aliphatic heterocycles. The van der Waals surface area contributed by atoms with Crippen LogP contribution in [0.4, 0.5) is 0 Å². The first kappa shape index (κ1) is 15.8. The van der Waals surface area contributed by atoms with Gasteiger partial charge in [-0.05, 0) is 24.0 Å². The van der Waals surface area contributed by atoms with E-state index < -0.39 is 24.4 Å². The third-order valence-corrected chi connectivity index (χ3v) is 4.50. The van der Waals surface area contributed by atoms with Crippen molar-refractivity contribution < 1.29 is 20.4 Å². The molecule has 5 nitrogen and oxygen atoms in total. The zero-order valence-corrected chi connectivity index (χ0v) is 12.2. The third kappa shape index (κ3) is 3.33. The molecule has 1 heterocycles. The van der Waals surface area contributed by atoms with Gasteiger partial charge in [0.25, 0.3) is 0 Å². The van der Waals surface area contributed by atoms with E-state index in [1.807, 2.05) is 30.5 Å². The van der Waals surface area contributed by atoms with Crippen molar-refractivity contribution >= 4 is 11.8 Å². The molecular weight excluding hydrogens is 278 g/mol. The molecular formula is C14H21NO4S. The van der Waals surface area contributed by atoms with Gasteiger partial charge in [0, 0.05) is 18.0 Å². The van der Waals surface area contributed by atoms with Crippen molar-refractivity contribution in [1.29, 1.82) is 0 Å². The number of aliphatic hydroxyl groups excluding tert-OH is 4. The van der Waals surface area contributed by atoms with E-state index >= 15 is 0 Å². The van der Waals surface area contributed by atoms with E-state index in [0.717, 1.165) is 5.56 Å². The minimum atomic E-state index is -1.21. The molecule has 0 radical (unpaired) electrons. The summed E-state index contributed by atoms with van der Waals surface area (Å²) in [6, 6.07) is 7.45. The minimum Gasteiger partial charge on any atom is -0.395 e. The van der Waals surface area contributed by atoms with Crippen LogP contribution in [0.1, 0.15) is 5.56 Å². The van der Waals surface area contributed by atoms with Gasteiger partial charge in [0.15, 0.2) is 0 Å². The Morgan fingerprint density at radius 1 is 1.15 bits per heavy atom. The summed E-state index contributed by atoms with van der Waals surface area (Å²) in [6.45, 7) is 0.488. The van der Waals surface area contributed by atoms with Crippen LogP contribution >= 0.6 is 11.8 Å². The van der Waals surface area contributed by atoms with Gasteiger partial charge in [0.05, 0.1) is 18.8 Å². The molecule has 1 aliphatic rings. The molecule has 1 fully saturated rings. The summed E-state index contributed by atoms with van der Waals surface area (Å²) in [7, 11) is 0. The van der Waals surface area contributed by atoms with Gasteiger partial charge in [0.2, 0.25) is 0 Å². The fourth-order valence-electron chi connectivity index (χ4n) is 2.53. The first-order valence-corrected chi connectivity index (χ1v) is 7.81. The molecule has 20 heavy (non-hydrogen) atoms. The van der Waals surface area contributed by atoms with Crippen molar-refractivity contribution in [2.24, 2.45) is 0 Å². The highest BCUT2D eigenvalue weighted by molar-refractivity contribution is 7.98. The lowest BCUT2D eigenvalue weighted by Gasteiger charge is -2.43. The van der Waals surface area contributed by atoms with Gasteiger partial charge < -0.3 is 20.4 Å². The fraction of sp³-hybridized carbons (Fsp3) is 0.571. The van der Waals surface area contributed by atoms with Gasteiger partial charge in [-0.1, -0.05) is 12.1 Å². The van der Waals surface area contributed by atoms with E-state index in [4.69, 9.17) is 0 Å². The van der Waals surface area contributed by atoms with Crippen LogP contribution in [0.25, 0.3) is 0 Å². The maximum Gasteiger partial charge on any atom is 0.109 e. The highest BCUT2D eigenvalue weighted by Gasteiger charge is 2.40. The largest absolute Gasteiger partial charge is 0.395 e. The molecule has 6 heteroatoms. The van der Waals surface area contributed by atoms with Gasteiger partial charge in [-0.25, -0.2) is 0 Å². The van der Waals surface area contributed by atoms with E-state index in [0.29, 0.717) is 6.54 Å². The van der Waals surface area contributed by atoms with Crippen molar-refractivity contribution in [3.8, 4) is 0 Å². The molecule has 1 aromatic rings. The van der Waals surface area contributed by atoms with Crippen LogP contribution in [0.5, 0.6) is 0 Å². The summed E-state index contributed by atoms with van der Waals surface area (Å²) in [4.78, 5) is 2.97. The number of nitrogens with zero attached hydrogens (tertiary/aromatic N) is 1. The Bertz CT molecular complexity index is 428. The summed E-state index contributed by atoms with van der Waals surface area (Å²) < 4.78 is 0. The van der Waals surface area contributed by atoms with Gasteiger partial charge >= 0.3 is 0 Å². The fourth-order valence-corrected chi connectivity index (χ4v) is 2.93. The van der Waals surface area contributed by atoms with Crippen molar-refractivity contribution in [3.63, 3.8) is 0 Å². The zero-order valence-electron chi connectivity index (χ0n) is 11.4. The van der Waals surface area contributed by atoms with Crippen LogP contribution in [-0.2, 0) is 6.54 Å². The zero-order chi connectivity index (χ0) is 14.7. The Balaban J connectivity index is 2.09. The van der Waals surface area contributed by atoms with E-state index in [1.54, 1.807) is 16.7 Å². The topological polar surface area (TPSA) is 84.2 Å². The lowest BCUT2D eigenvalue weighted by molar-refractivity contribution is -0.147. The number of thioether (sulfide) groups is 1. The predicted molar refractivity (Wildman–Crippen MR) is 77.5 cm³/mol. The molecule has 2 rings (SSSR count). The van der Waals surface area contributed by atoms with Gasteiger partial charge in [-0.15, -0.1) is 11.8 Å².